The number of carbonyl (C=O) groups is 1. The first-order valence-electron chi connectivity index (χ1n) is 8.34. The summed E-state index contributed by atoms with van der Waals surface area (Å²) in [5.74, 6) is 0.0701. The number of nitrogens with zero attached hydrogens (tertiary/aromatic N) is 2. The van der Waals surface area contributed by atoms with Gasteiger partial charge in [0.2, 0.25) is 5.91 Å². The van der Waals surface area contributed by atoms with Crippen LogP contribution >= 0.6 is 11.6 Å². The second kappa shape index (κ2) is 7.99. The number of nitrogens with one attached hydrogen (secondary N) is 2. The maximum atomic E-state index is 12.8. The average molecular weight is 363 g/mol. The largest absolute Gasteiger partial charge is 0.383 e. The molecule has 0 aliphatic carbocycles. The van der Waals surface area contributed by atoms with Gasteiger partial charge >= 0.3 is 0 Å². The summed E-state index contributed by atoms with van der Waals surface area (Å²) in [6.45, 7) is 3.17. The van der Waals surface area contributed by atoms with Crippen molar-refractivity contribution in [3.8, 4) is 0 Å². The van der Waals surface area contributed by atoms with Crippen LogP contribution in [0.1, 0.15) is 11.3 Å². The molecule has 1 aliphatic rings. The molecule has 0 radical (unpaired) electrons. The van der Waals surface area contributed by atoms with E-state index in [4.69, 9.17) is 16.3 Å². The quantitative estimate of drug-likeness (QED) is 0.749. The molecule has 2 aromatic rings. The molecular weight excluding hydrogens is 340 g/mol. The molecule has 1 fully saturated rings. The number of rotatable bonds is 8. The number of imidazole rings is 1. The summed E-state index contributed by atoms with van der Waals surface area (Å²) in [5.41, 5.74) is 1.69. The standard InChI is InChI=1S/C18H23ClN4O2/c1-25-7-6-23-13-20-9-16(23)10-22-17(24)18(11-21-12-18)8-14-2-4-15(19)5-3-14/h2-5,9,13,21H,6-8,10-12H2,1H3,(H,22,24). The fourth-order valence-corrected chi connectivity index (χ4v) is 3.16. The monoisotopic (exact) mass is 362 g/mol. The maximum Gasteiger partial charge on any atom is 0.229 e. The van der Waals surface area contributed by atoms with Crippen molar-refractivity contribution in [3.05, 3.63) is 53.1 Å². The van der Waals surface area contributed by atoms with Crippen molar-refractivity contribution in [3.63, 3.8) is 0 Å². The predicted molar refractivity (Wildman–Crippen MR) is 96.4 cm³/mol. The van der Waals surface area contributed by atoms with Crippen LogP contribution in [0.15, 0.2) is 36.8 Å². The van der Waals surface area contributed by atoms with Gasteiger partial charge < -0.3 is 19.9 Å². The van der Waals surface area contributed by atoms with Crippen LogP contribution in [-0.2, 0) is 29.0 Å². The van der Waals surface area contributed by atoms with Crippen molar-refractivity contribution in [2.75, 3.05) is 26.8 Å². The lowest BCUT2D eigenvalue weighted by Gasteiger charge is -2.41. The molecule has 1 aliphatic heterocycles. The van der Waals surface area contributed by atoms with Crippen LogP contribution in [0.4, 0.5) is 0 Å². The highest BCUT2D eigenvalue weighted by molar-refractivity contribution is 6.30. The number of carbonyl (C=O) groups excluding carboxylic acids is 1. The molecule has 0 spiro atoms. The Morgan fingerprint density at radius 1 is 1.40 bits per heavy atom. The Morgan fingerprint density at radius 3 is 2.80 bits per heavy atom. The summed E-state index contributed by atoms with van der Waals surface area (Å²) >= 11 is 5.94. The molecule has 2 N–H and O–H groups in total. The van der Waals surface area contributed by atoms with Gasteiger partial charge in [-0.05, 0) is 24.1 Å². The van der Waals surface area contributed by atoms with Crippen LogP contribution in [0.5, 0.6) is 0 Å². The van der Waals surface area contributed by atoms with Crippen molar-refractivity contribution < 1.29 is 9.53 Å². The second-order valence-electron chi connectivity index (χ2n) is 6.44. The molecule has 7 heteroatoms. The Morgan fingerprint density at radius 2 is 2.16 bits per heavy atom. The highest BCUT2D eigenvalue weighted by atomic mass is 35.5. The number of benzene rings is 1. The fraction of sp³-hybridized carbons (Fsp3) is 0.444. The summed E-state index contributed by atoms with van der Waals surface area (Å²) in [4.78, 5) is 17.0. The van der Waals surface area contributed by atoms with E-state index in [1.807, 2.05) is 28.8 Å². The highest BCUT2D eigenvalue weighted by Crippen LogP contribution is 2.28. The molecule has 1 amide bonds. The number of ether oxygens (including phenoxy) is 1. The van der Waals surface area contributed by atoms with E-state index in [0.29, 0.717) is 37.7 Å². The van der Waals surface area contributed by atoms with E-state index in [-0.39, 0.29) is 5.91 Å². The Kier molecular flexibility index (Phi) is 5.73. The minimum absolute atomic E-state index is 0.0701. The molecule has 1 aromatic carbocycles. The lowest BCUT2D eigenvalue weighted by Crippen LogP contribution is -2.62. The third kappa shape index (κ3) is 4.21. The Balaban J connectivity index is 1.61. The van der Waals surface area contributed by atoms with E-state index in [9.17, 15) is 4.79 Å². The molecule has 3 rings (SSSR count). The lowest BCUT2D eigenvalue weighted by atomic mass is 9.75. The molecule has 1 saturated heterocycles. The van der Waals surface area contributed by atoms with E-state index < -0.39 is 5.41 Å². The number of methoxy groups -OCH3 is 1. The van der Waals surface area contributed by atoms with Gasteiger partial charge in [-0.3, -0.25) is 4.79 Å². The predicted octanol–water partition coefficient (Wildman–Crippen LogP) is 1.63. The summed E-state index contributed by atoms with van der Waals surface area (Å²) < 4.78 is 7.09. The zero-order valence-electron chi connectivity index (χ0n) is 14.3. The third-order valence-corrected chi connectivity index (χ3v) is 4.88. The first-order chi connectivity index (χ1) is 12.1. The first kappa shape index (κ1) is 17.9. The van der Waals surface area contributed by atoms with Crippen molar-refractivity contribution in [2.45, 2.75) is 19.5 Å². The summed E-state index contributed by atoms with van der Waals surface area (Å²) in [7, 11) is 1.67. The SMILES string of the molecule is COCCn1cncc1CNC(=O)C1(Cc2ccc(Cl)cc2)CNC1. The first-order valence-corrected chi connectivity index (χ1v) is 8.72. The van der Waals surface area contributed by atoms with Crippen molar-refractivity contribution in [1.82, 2.24) is 20.2 Å². The summed E-state index contributed by atoms with van der Waals surface area (Å²) in [5, 5.41) is 7.00. The van der Waals surface area contributed by atoms with Gasteiger partial charge in [0.15, 0.2) is 0 Å². The number of amides is 1. The van der Waals surface area contributed by atoms with Crippen molar-refractivity contribution >= 4 is 17.5 Å². The van der Waals surface area contributed by atoms with Gasteiger partial charge in [-0.2, -0.15) is 0 Å². The fourth-order valence-electron chi connectivity index (χ4n) is 3.03. The summed E-state index contributed by atoms with van der Waals surface area (Å²) in [6, 6.07) is 7.69. The molecular formula is C18H23ClN4O2. The van der Waals surface area contributed by atoms with E-state index in [0.717, 1.165) is 17.8 Å². The second-order valence-corrected chi connectivity index (χ2v) is 6.88. The number of hydrogen-bond donors (Lipinski definition) is 2. The van der Waals surface area contributed by atoms with Gasteiger partial charge in [-0.1, -0.05) is 23.7 Å². The van der Waals surface area contributed by atoms with Crippen LogP contribution in [-0.4, -0.2) is 42.3 Å². The van der Waals surface area contributed by atoms with Gasteiger partial charge in [-0.15, -0.1) is 0 Å². The van der Waals surface area contributed by atoms with E-state index in [1.165, 1.54) is 0 Å². The molecule has 2 heterocycles. The van der Waals surface area contributed by atoms with Crippen LogP contribution in [0.25, 0.3) is 0 Å². The third-order valence-electron chi connectivity index (χ3n) is 4.63. The number of halogens is 1. The van der Waals surface area contributed by atoms with Gasteiger partial charge in [0.1, 0.15) is 0 Å². The Bertz CT molecular complexity index is 710. The number of aromatic nitrogens is 2. The average Bonchev–Trinajstić information content (AvgIpc) is 3.03. The molecule has 0 unspecified atom stereocenters. The van der Waals surface area contributed by atoms with Crippen molar-refractivity contribution in [2.24, 2.45) is 5.41 Å². The van der Waals surface area contributed by atoms with Crippen molar-refractivity contribution in [1.29, 1.82) is 0 Å². The van der Waals surface area contributed by atoms with Gasteiger partial charge in [0.25, 0.3) is 0 Å². The molecule has 1 aromatic heterocycles. The number of hydrogen-bond acceptors (Lipinski definition) is 4. The van der Waals surface area contributed by atoms with Gasteiger partial charge in [0, 0.05) is 38.0 Å². The summed E-state index contributed by atoms with van der Waals surface area (Å²) in [6.07, 6.45) is 4.24. The molecule has 0 bridgehead atoms. The highest BCUT2D eigenvalue weighted by Gasteiger charge is 2.44. The molecule has 6 nitrogen and oxygen atoms in total. The van der Waals surface area contributed by atoms with Crippen LogP contribution in [0.3, 0.4) is 0 Å². The van der Waals surface area contributed by atoms with Gasteiger partial charge in [0.05, 0.1) is 30.6 Å². The normalized spacial score (nSPS) is 15.6. The molecule has 25 heavy (non-hydrogen) atoms. The molecule has 0 atom stereocenters. The topological polar surface area (TPSA) is 68.2 Å². The lowest BCUT2D eigenvalue weighted by molar-refractivity contribution is -0.134. The Hall–Kier alpha value is -1.89. The minimum Gasteiger partial charge on any atom is -0.383 e. The van der Waals surface area contributed by atoms with E-state index >= 15 is 0 Å². The van der Waals surface area contributed by atoms with Crippen LogP contribution in [0.2, 0.25) is 5.02 Å². The zero-order chi connectivity index (χ0) is 17.7. The smallest absolute Gasteiger partial charge is 0.229 e. The molecule has 134 valence electrons. The zero-order valence-corrected chi connectivity index (χ0v) is 15.1. The van der Waals surface area contributed by atoms with E-state index in [2.05, 4.69) is 15.6 Å². The maximum absolute atomic E-state index is 12.8. The van der Waals surface area contributed by atoms with Crippen LogP contribution < -0.4 is 10.6 Å². The Labute approximate surface area is 152 Å². The minimum atomic E-state index is -0.398. The van der Waals surface area contributed by atoms with Crippen LogP contribution in [0, 0.1) is 5.41 Å². The van der Waals surface area contributed by atoms with E-state index in [1.54, 1.807) is 19.6 Å². The van der Waals surface area contributed by atoms with Gasteiger partial charge in [-0.25, -0.2) is 4.98 Å². The molecule has 0 saturated carbocycles.